The number of anilines is 1. The van der Waals surface area contributed by atoms with Gasteiger partial charge in [0, 0.05) is 23.3 Å². The average Bonchev–Trinajstić information content (AvgIpc) is 2.37. The van der Waals surface area contributed by atoms with Gasteiger partial charge < -0.3 is 5.73 Å². The van der Waals surface area contributed by atoms with E-state index in [0.29, 0.717) is 6.04 Å². The van der Waals surface area contributed by atoms with Gasteiger partial charge in [0.2, 0.25) is 0 Å². The van der Waals surface area contributed by atoms with E-state index < -0.39 is 0 Å². The van der Waals surface area contributed by atoms with Gasteiger partial charge in [-0.05, 0) is 50.1 Å². The summed E-state index contributed by atoms with van der Waals surface area (Å²) in [6.45, 7) is 8.74. The Morgan fingerprint density at radius 2 is 2.06 bits per heavy atom. The van der Waals surface area contributed by atoms with Gasteiger partial charge in [-0.15, -0.1) is 0 Å². The molecule has 2 nitrogen and oxygen atoms in total. The maximum atomic E-state index is 6.04. The van der Waals surface area contributed by atoms with Gasteiger partial charge in [-0.25, -0.2) is 0 Å². The van der Waals surface area contributed by atoms with Gasteiger partial charge in [0.25, 0.3) is 0 Å². The minimum Gasteiger partial charge on any atom is -0.398 e. The van der Waals surface area contributed by atoms with Crippen LogP contribution in [0.25, 0.3) is 0 Å². The van der Waals surface area contributed by atoms with E-state index in [4.69, 9.17) is 17.3 Å². The Kier molecular flexibility index (Phi) is 6.51. The molecule has 0 bridgehead atoms. The molecule has 0 amide bonds. The standard InChI is InChI=1S/C15H25ClN2/c1-4-6-9-18(12(3)5-2)11-13-10-14(16)7-8-15(13)17/h7-8,10,12H,4-6,9,11,17H2,1-3H3. The molecule has 1 aromatic carbocycles. The zero-order valence-corrected chi connectivity index (χ0v) is 12.5. The van der Waals surface area contributed by atoms with Gasteiger partial charge in [-0.2, -0.15) is 0 Å². The van der Waals surface area contributed by atoms with Crippen molar-refractivity contribution >= 4 is 17.3 Å². The minimum absolute atomic E-state index is 0.579. The summed E-state index contributed by atoms with van der Waals surface area (Å²) in [4.78, 5) is 2.49. The van der Waals surface area contributed by atoms with Crippen LogP contribution in [-0.2, 0) is 6.54 Å². The number of rotatable bonds is 7. The van der Waals surface area contributed by atoms with Gasteiger partial charge in [-0.3, -0.25) is 4.90 Å². The van der Waals surface area contributed by atoms with Crippen LogP contribution in [0.2, 0.25) is 5.02 Å². The lowest BCUT2D eigenvalue weighted by Crippen LogP contribution is -2.33. The zero-order valence-electron chi connectivity index (χ0n) is 11.7. The smallest absolute Gasteiger partial charge is 0.0410 e. The lowest BCUT2D eigenvalue weighted by molar-refractivity contribution is 0.192. The fourth-order valence-corrected chi connectivity index (χ4v) is 2.20. The summed E-state index contributed by atoms with van der Waals surface area (Å²) in [5.74, 6) is 0. The predicted molar refractivity (Wildman–Crippen MR) is 80.9 cm³/mol. The molecule has 1 atom stereocenters. The summed E-state index contributed by atoms with van der Waals surface area (Å²) in [6, 6.07) is 6.31. The highest BCUT2D eigenvalue weighted by Crippen LogP contribution is 2.21. The molecule has 0 spiro atoms. The molecule has 18 heavy (non-hydrogen) atoms. The summed E-state index contributed by atoms with van der Waals surface area (Å²) in [7, 11) is 0. The normalized spacial score (nSPS) is 12.9. The van der Waals surface area contributed by atoms with Gasteiger partial charge in [-0.1, -0.05) is 31.9 Å². The third kappa shape index (κ3) is 4.51. The van der Waals surface area contributed by atoms with E-state index in [1.165, 1.54) is 12.8 Å². The predicted octanol–water partition coefficient (Wildman–Crippen LogP) is 4.32. The maximum absolute atomic E-state index is 6.04. The number of hydrogen-bond donors (Lipinski definition) is 1. The van der Waals surface area contributed by atoms with Crippen molar-refractivity contribution in [1.82, 2.24) is 4.90 Å². The van der Waals surface area contributed by atoms with Crippen molar-refractivity contribution in [3.05, 3.63) is 28.8 Å². The van der Waals surface area contributed by atoms with Crippen molar-refractivity contribution in [1.29, 1.82) is 0 Å². The van der Waals surface area contributed by atoms with E-state index >= 15 is 0 Å². The Balaban J connectivity index is 2.77. The third-order valence-corrected chi connectivity index (χ3v) is 3.73. The van der Waals surface area contributed by atoms with Crippen LogP contribution in [0.1, 0.15) is 45.6 Å². The SMILES string of the molecule is CCCCN(Cc1cc(Cl)ccc1N)C(C)CC. The molecule has 0 aliphatic rings. The highest BCUT2D eigenvalue weighted by atomic mass is 35.5. The molecular weight excluding hydrogens is 244 g/mol. The van der Waals surface area contributed by atoms with Crippen LogP contribution in [0.3, 0.4) is 0 Å². The molecule has 0 aromatic heterocycles. The highest BCUT2D eigenvalue weighted by Gasteiger charge is 2.13. The van der Waals surface area contributed by atoms with Crippen LogP contribution in [0, 0.1) is 0 Å². The molecular formula is C15H25ClN2. The van der Waals surface area contributed by atoms with Crippen LogP contribution < -0.4 is 5.73 Å². The van der Waals surface area contributed by atoms with Crippen molar-refractivity contribution < 1.29 is 0 Å². The molecule has 0 saturated heterocycles. The number of unbranched alkanes of at least 4 members (excludes halogenated alkanes) is 1. The lowest BCUT2D eigenvalue weighted by atomic mass is 10.1. The fraction of sp³-hybridized carbons (Fsp3) is 0.600. The molecule has 102 valence electrons. The van der Waals surface area contributed by atoms with Crippen LogP contribution in [0.4, 0.5) is 5.69 Å². The second kappa shape index (κ2) is 7.65. The molecule has 1 aromatic rings. The minimum atomic E-state index is 0.579. The number of halogens is 1. The van der Waals surface area contributed by atoms with Crippen molar-refractivity contribution in [3.8, 4) is 0 Å². The Labute approximate surface area is 116 Å². The average molecular weight is 269 g/mol. The van der Waals surface area contributed by atoms with E-state index in [9.17, 15) is 0 Å². The van der Waals surface area contributed by atoms with Crippen molar-refractivity contribution in [3.63, 3.8) is 0 Å². The van der Waals surface area contributed by atoms with E-state index in [1.54, 1.807) is 0 Å². The second-order valence-corrected chi connectivity index (χ2v) is 5.36. The molecule has 0 saturated carbocycles. The van der Waals surface area contributed by atoms with E-state index in [0.717, 1.165) is 35.8 Å². The summed E-state index contributed by atoms with van der Waals surface area (Å²) >= 11 is 6.04. The molecule has 3 heteroatoms. The zero-order chi connectivity index (χ0) is 13.5. The Bertz CT molecular complexity index is 366. The van der Waals surface area contributed by atoms with E-state index in [1.807, 2.05) is 18.2 Å². The van der Waals surface area contributed by atoms with E-state index in [2.05, 4.69) is 25.7 Å². The molecule has 0 heterocycles. The Morgan fingerprint density at radius 3 is 2.67 bits per heavy atom. The van der Waals surface area contributed by atoms with Gasteiger partial charge in [0.15, 0.2) is 0 Å². The van der Waals surface area contributed by atoms with Gasteiger partial charge in [0.1, 0.15) is 0 Å². The fourth-order valence-electron chi connectivity index (χ4n) is 2.00. The van der Waals surface area contributed by atoms with Crippen LogP contribution in [0.15, 0.2) is 18.2 Å². The largest absolute Gasteiger partial charge is 0.398 e. The molecule has 0 aliphatic heterocycles. The monoisotopic (exact) mass is 268 g/mol. The number of nitrogens with zero attached hydrogens (tertiary/aromatic N) is 1. The number of benzene rings is 1. The Hall–Kier alpha value is -0.730. The summed E-state index contributed by atoms with van der Waals surface area (Å²) < 4.78 is 0. The molecule has 1 rings (SSSR count). The lowest BCUT2D eigenvalue weighted by Gasteiger charge is -2.29. The van der Waals surface area contributed by atoms with Crippen molar-refractivity contribution in [2.24, 2.45) is 0 Å². The highest BCUT2D eigenvalue weighted by molar-refractivity contribution is 6.30. The first-order valence-corrected chi connectivity index (χ1v) is 7.24. The molecule has 0 aliphatic carbocycles. The van der Waals surface area contributed by atoms with Crippen LogP contribution in [-0.4, -0.2) is 17.5 Å². The third-order valence-electron chi connectivity index (χ3n) is 3.49. The summed E-state index contributed by atoms with van der Waals surface area (Å²) in [5.41, 5.74) is 8.00. The van der Waals surface area contributed by atoms with Crippen LogP contribution >= 0.6 is 11.6 Å². The number of nitrogens with two attached hydrogens (primary N) is 1. The Morgan fingerprint density at radius 1 is 1.33 bits per heavy atom. The summed E-state index contributed by atoms with van der Waals surface area (Å²) in [6.07, 6.45) is 3.60. The first-order chi connectivity index (χ1) is 8.58. The topological polar surface area (TPSA) is 29.3 Å². The van der Waals surface area contributed by atoms with Crippen LogP contribution in [0.5, 0.6) is 0 Å². The summed E-state index contributed by atoms with van der Waals surface area (Å²) in [5, 5.41) is 0.763. The number of nitrogen functional groups attached to an aromatic ring is 1. The number of hydrogen-bond acceptors (Lipinski definition) is 2. The maximum Gasteiger partial charge on any atom is 0.0410 e. The van der Waals surface area contributed by atoms with E-state index in [-0.39, 0.29) is 0 Å². The van der Waals surface area contributed by atoms with Gasteiger partial charge >= 0.3 is 0 Å². The molecule has 2 N–H and O–H groups in total. The van der Waals surface area contributed by atoms with Crippen molar-refractivity contribution in [2.45, 2.75) is 52.6 Å². The first kappa shape index (κ1) is 15.3. The molecule has 0 radical (unpaired) electrons. The molecule has 1 unspecified atom stereocenters. The van der Waals surface area contributed by atoms with Crippen molar-refractivity contribution in [2.75, 3.05) is 12.3 Å². The van der Waals surface area contributed by atoms with Gasteiger partial charge in [0.05, 0.1) is 0 Å². The second-order valence-electron chi connectivity index (χ2n) is 4.92. The molecule has 0 fully saturated rings. The quantitative estimate of drug-likeness (QED) is 0.746. The first-order valence-electron chi connectivity index (χ1n) is 6.86.